The Labute approximate surface area is 205 Å². The van der Waals surface area contributed by atoms with Gasteiger partial charge in [-0.25, -0.2) is 4.79 Å². The van der Waals surface area contributed by atoms with E-state index in [-0.39, 0.29) is 10.7 Å². The van der Waals surface area contributed by atoms with Gasteiger partial charge < -0.3 is 15.4 Å². The number of carbonyl (C=O) groups excluding carboxylic acids is 1. The van der Waals surface area contributed by atoms with Gasteiger partial charge in [-0.15, -0.1) is 0 Å². The third-order valence-electron chi connectivity index (χ3n) is 4.39. The molecule has 0 unspecified atom stereocenters. The van der Waals surface area contributed by atoms with Gasteiger partial charge in [0.25, 0.3) is 0 Å². The largest absolute Gasteiger partial charge is 0.461 e. The molecular weight excluding hydrogens is 515 g/mol. The number of aromatic nitrogens is 3. The van der Waals surface area contributed by atoms with Gasteiger partial charge in [-0.3, -0.25) is 15.0 Å². The Balaban J connectivity index is 1.78. The molecule has 0 spiro atoms. The molecular formula is C21H14Cl2F4N6O2. The second kappa shape index (κ2) is 10.7. The minimum atomic E-state index is -4.81. The SMILES string of the molecule is C[C@H](NC(=O)Nc1cc(OC(F)(F)C(F)F)c(Cl)cc1Cl)c1nccnc1-c1ccc(C#N)cn1. The monoisotopic (exact) mass is 528 g/mol. The van der Waals surface area contributed by atoms with Crippen LogP contribution in [0, 0.1) is 11.3 Å². The lowest BCUT2D eigenvalue weighted by Crippen LogP contribution is -2.34. The fourth-order valence-electron chi connectivity index (χ4n) is 2.78. The Kier molecular flexibility index (Phi) is 7.93. The number of nitrogens with zero attached hydrogens (tertiary/aromatic N) is 4. The van der Waals surface area contributed by atoms with Crippen LogP contribution in [0.15, 0.2) is 42.9 Å². The average Bonchev–Trinajstić information content (AvgIpc) is 2.82. The molecule has 0 saturated heterocycles. The van der Waals surface area contributed by atoms with Crippen molar-refractivity contribution < 1.29 is 27.1 Å². The topological polar surface area (TPSA) is 113 Å². The summed E-state index contributed by atoms with van der Waals surface area (Å²) in [5.74, 6) is -0.812. The predicted molar refractivity (Wildman–Crippen MR) is 119 cm³/mol. The Morgan fingerprint density at radius 3 is 2.49 bits per heavy atom. The van der Waals surface area contributed by atoms with Crippen LogP contribution in [-0.4, -0.2) is 33.5 Å². The van der Waals surface area contributed by atoms with Crippen LogP contribution in [-0.2, 0) is 0 Å². The molecule has 0 aliphatic heterocycles. The highest BCUT2D eigenvalue weighted by molar-refractivity contribution is 6.37. The quantitative estimate of drug-likeness (QED) is 0.372. The molecule has 0 bridgehead atoms. The number of halogens is 6. The number of urea groups is 1. The van der Waals surface area contributed by atoms with E-state index < -0.39 is 35.4 Å². The molecule has 2 amide bonds. The number of amides is 2. The molecule has 0 fully saturated rings. The second-order valence-electron chi connectivity index (χ2n) is 6.88. The molecule has 0 aliphatic carbocycles. The maximum absolute atomic E-state index is 13.3. The Morgan fingerprint density at radius 2 is 1.86 bits per heavy atom. The maximum atomic E-state index is 13.3. The van der Waals surface area contributed by atoms with E-state index >= 15 is 0 Å². The molecule has 1 atom stereocenters. The zero-order chi connectivity index (χ0) is 25.8. The van der Waals surface area contributed by atoms with Gasteiger partial charge in [0, 0.05) is 24.7 Å². The number of nitriles is 1. The first-order valence-corrected chi connectivity index (χ1v) is 10.4. The minimum Gasteiger partial charge on any atom is -0.427 e. The van der Waals surface area contributed by atoms with Crippen LogP contribution >= 0.6 is 23.2 Å². The number of alkyl halides is 4. The first-order valence-electron chi connectivity index (χ1n) is 9.60. The molecule has 1 aromatic carbocycles. The highest BCUT2D eigenvalue weighted by Crippen LogP contribution is 2.38. The fourth-order valence-corrected chi connectivity index (χ4v) is 3.25. The van der Waals surface area contributed by atoms with Gasteiger partial charge in [-0.1, -0.05) is 23.2 Å². The van der Waals surface area contributed by atoms with E-state index in [0.717, 1.165) is 12.1 Å². The molecule has 0 aliphatic rings. The van der Waals surface area contributed by atoms with Gasteiger partial charge in [0.1, 0.15) is 17.5 Å². The van der Waals surface area contributed by atoms with E-state index in [9.17, 15) is 22.4 Å². The first-order chi connectivity index (χ1) is 16.5. The minimum absolute atomic E-state index is 0.160. The van der Waals surface area contributed by atoms with Crippen molar-refractivity contribution in [1.29, 1.82) is 5.26 Å². The van der Waals surface area contributed by atoms with E-state index in [0.29, 0.717) is 22.6 Å². The normalized spacial score (nSPS) is 12.1. The molecule has 0 saturated carbocycles. The van der Waals surface area contributed by atoms with Crippen molar-refractivity contribution >= 4 is 34.9 Å². The van der Waals surface area contributed by atoms with Gasteiger partial charge in [-0.2, -0.15) is 22.8 Å². The summed E-state index contributed by atoms with van der Waals surface area (Å²) in [4.78, 5) is 25.2. The maximum Gasteiger partial charge on any atom is 0.461 e. The number of rotatable bonds is 7. The molecule has 2 N–H and O–H groups in total. The van der Waals surface area contributed by atoms with Crippen molar-refractivity contribution in [2.24, 2.45) is 0 Å². The van der Waals surface area contributed by atoms with Crippen molar-refractivity contribution in [2.45, 2.75) is 25.5 Å². The van der Waals surface area contributed by atoms with Gasteiger partial charge in [-0.05, 0) is 25.1 Å². The molecule has 3 rings (SSSR count). The van der Waals surface area contributed by atoms with E-state index in [2.05, 4.69) is 30.3 Å². The number of hydrogen-bond acceptors (Lipinski definition) is 6. The molecule has 2 heterocycles. The molecule has 0 radical (unpaired) electrons. The Hall–Kier alpha value is -3.69. The summed E-state index contributed by atoms with van der Waals surface area (Å²) in [5.41, 5.74) is 1.21. The lowest BCUT2D eigenvalue weighted by atomic mass is 10.1. The zero-order valence-corrected chi connectivity index (χ0v) is 19.1. The Bertz CT molecular complexity index is 1270. The molecule has 3 aromatic rings. The number of hydrogen-bond donors (Lipinski definition) is 2. The molecule has 35 heavy (non-hydrogen) atoms. The number of pyridine rings is 1. The van der Waals surface area contributed by atoms with Crippen LogP contribution in [0.2, 0.25) is 10.0 Å². The van der Waals surface area contributed by atoms with E-state index in [1.165, 1.54) is 18.6 Å². The fraction of sp³-hybridized carbons (Fsp3) is 0.190. The Morgan fingerprint density at radius 1 is 1.14 bits per heavy atom. The van der Waals surface area contributed by atoms with Crippen LogP contribution in [0.4, 0.5) is 28.0 Å². The lowest BCUT2D eigenvalue weighted by molar-refractivity contribution is -0.253. The van der Waals surface area contributed by atoms with Crippen molar-refractivity contribution in [1.82, 2.24) is 20.3 Å². The summed E-state index contributed by atoms with van der Waals surface area (Å²) >= 11 is 11.7. The van der Waals surface area contributed by atoms with Crippen molar-refractivity contribution in [2.75, 3.05) is 5.32 Å². The van der Waals surface area contributed by atoms with Gasteiger partial charge in [0.05, 0.1) is 38.7 Å². The van der Waals surface area contributed by atoms with Gasteiger partial charge in [0.15, 0.2) is 0 Å². The highest BCUT2D eigenvalue weighted by atomic mass is 35.5. The van der Waals surface area contributed by atoms with Crippen LogP contribution in [0.1, 0.15) is 24.2 Å². The number of benzene rings is 1. The van der Waals surface area contributed by atoms with Crippen LogP contribution in [0.25, 0.3) is 11.4 Å². The molecule has 8 nitrogen and oxygen atoms in total. The lowest BCUT2D eigenvalue weighted by Gasteiger charge is -2.20. The average molecular weight is 529 g/mol. The summed E-state index contributed by atoms with van der Waals surface area (Å²) in [5, 5.41) is 13.2. The summed E-state index contributed by atoms with van der Waals surface area (Å²) in [6.07, 6.45) is -4.73. The number of nitrogens with one attached hydrogen (secondary N) is 2. The highest BCUT2D eigenvalue weighted by Gasteiger charge is 2.44. The van der Waals surface area contributed by atoms with E-state index in [4.69, 9.17) is 28.5 Å². The number of anilines is 1. The van der Waals surface area contributed by atoms with E-state index in [1.807, 2.05) is 6.07 Å². The molecule has 182 valence electrons. The second-order valence-corrected chi connectivity index (χ2v) is 7.70. The third-order valence-corrected chi connectivity index (χ3v) is 5.00. The molecule has 14 heteroatoms. The first kappa shape index (κ1) is 25.9. The van der Waals surface area contributed by atoms with E-state index in [1.54, 1.807) is 19.1 Å². The summed E-state index contributed by atoms with van der Waals surface area (Å²) in [7, 11) is 0. The van der Waals surface area contributed by atoms with Gasteiger partial charge >= 0.3 is 18.6 Å². The van der Waals surface area contributed by atoms with Crippen LogP contribution in [0.3, 0.4) is 0 Å². The van der Waals surface area contributed by atoms with Crippen LogP contribution in [0.5, 0.6) is 5.75 Å². The van der Waals surface area contributed by atoms with Gasteiger partial charge in [0.2, 0.25) is 0 Å². The van der Waals surface area contributed by atoms with Crippen molar-refractivity contribution in [3.8, 4) is 23.2 Å². The summed E-state index contributed by atoms with van der Waals surface area (Å²) in [6, 6.07) is 5.25. The number of carbonyl (C=O) groups is 1. The smallest absolute Gasteiger partial charge is 0.427 e. The summed E-state index contributed by atoms with van der Waals surface area (Å²) < 4.78 is 55.5. The number of ether oxygens (including phenoxy) is 1. The zero-order valence-electron chi connectivity index (χ0n) is 17.6. The predicted octanol–water partition coefficient (Wildman–Crippen LogP) is 5.84. The third kappa shape index (κ3) is 6.26. The van der Waals surface area contributed by atoms with Crippen LogP contribution < -0.4 is 15.4 Å². The molecule has 2 aromatic heterocycles. The standard InChI is InChI=1S/C21H14Cl2F4N6O2/c1-10(17-18(30-5-4-29-17)14-3-2-11(8-28)9-31-14)32-20(34)33-15-7-16(13(23)6-12(15)22)35-21(26,27)19(24)25/h2-7,9-10,19H,1H3,(H2,32,33,34)/t10-/m0/s1. The van der Waals surface area contributed by atoms with Crippen molar-refractivity contribution in [3.63, 3.8) is 0 Å². The van der Waals surface area contributed by atoms with Crippen molar-refractivity contribution in [3.05, 3.63) is 64.2 Å². The summed E-state index contributed by atoms with van der Waals surface area (Å²) in [6.45, 7) is 1.60.